The number of amides is 1. The van der Waals surface area contributed by atoms with Gasteiger partial charge in [0.15, 0.2) is 5.76 Å². The maximum Gasteiger partial charge on any atom is 0.287 e. The SMILES string of the molecule is CCOCCCNC(=O)c1cc2ccccc2o1. The van der Waals surface area contributed by atoms with Gasteiger partial charge >= 0.3 is 0 Å². The van der Waals surface area contributed by atoms with Gasteiger partial charge in [0.05, 0.1) is 0 Å². The molecular formula is C14H17NO3. The molecule has 0 unspecified atom stereocenters. The molecule has 4 heteroatoms. The van der Waals surface area contributed by atoms with Crippen molar-refractivity contribution >= 4 is 16.9 Å². The Hall–Kier alpha value is -1.81. The summed E-state index contributed by atoms with van der Waals surface area (Å²) in [4.78, 5) is 11.8. The molecule has 0 radical (unpaired) electrons. The van der Waals surface area contributed by atoms with Crippen LogP contribution in [0.25, 0.3) is 11.0 Å². The van der Waals surface area contributed by atoms with Gasteiger partial charge in [-0.1, -0.05) is 18.2 Å². The van der Waals surface area contributed by atoms with E-state index in [1.54, 1.807) is 6.07 Å². The maximum absolute atomic E-state index is 11.8. The lowest BCUT2D eigenvalue weighted by Gasteiger charge is -2.02. The van der Waals surface area contributed by atoms with Crippen molar-refractivity contribution in [2.24, 2.45) is 0 Å². The van der Waals surface area contributed by atoms with Gasteiger partial charge in [0.25, 0.3) is 5.91 Å². The Morgan fingerprint density at radius 1 is 1.39 bits per heavy atom. The number of carbonyl (C=O) groups is 1. The average molecular weight is 247 g/mol. The van der Waals surface area contributed by atoms with E-state index in [9.17, 15) is 4.79 Å². The Balaban J connectivity index is 1.88. The van der Waals surface area contributed by atoms with Crippen molar-refractivity contribution in [2.75, 3.05) is 19.8 Å². The van der Waals surface area contributed by atoms with Crippen molar-refractivity contribution in [1.29, 1.82) is 0 Å². The van der Waals surface area contributed by atoms with E-state index < -0.39 is 0 Å². The fraction of sp³-hybridized carbons (Fsp3) is 0.357. The molecular weight excluding hydrogens is 230 g/mol. The Bertz CT molecular complexity index is 485. The van der Waals surface area contributed by atoms with Gasteiger partial charge in [0.1, 0.15) is 5.58 Å². The Kier molecular flexibility index (Phi) is 4.36. The number of furan rings is 1. The lowest BCUT2D eigenvalue weighted by Crippen LogP contribution is -2.24. The van der Waals surface area contributed by atoms with Crippen LogP contribution in [0.1, 0.15) is 23.9 Å². The zero-order valence-electron chi connectivity index (χ0n) is 10.4. The number of benzene rings is 1. The largest absolute Gasteiger partial charge is 0.451 e. The van der Waals surface area contributed by atoms with Crippen molar-refractivity contribution in [3.05, 3.63) is 36.1 Å². The normalized spacial score (nSPS) is 10.7. The molecule has 2 aromatic rings. The maximum atomic E-state index is 11.8. The van der Waals surface area contributed by atoms with Gasteiger partial charge in [0, 0.05) is 25.1 Å². The standard InChI is InChI=1S/C14H17NO3/c1-2-17-9-5-8-15-14(16)13-10-11-6-3-4-7-12(11)18-13/h3-4,6-7,10H,2,5,8-9H2,1H3,(H,15,16). The number of rotatable bonds is 6. The summed E-state index contributed by atoms with van der Waals surface area (Å²) in [6, 6.07) is 9.33. The Morgan fingerprint density at radius 2 is 2.22 bits per heavy atom. The van der Waals surface area contributed by atoms with Crippen molar-refractivity contribution in [2.45, 2.75) is 13.3 Å². The van der Waals surface area contributed by atoms with Crippen molar-refractivity contribution < 1.29 is 13.9 Å². The van der Waals surface area contributed by atoms with E-state index >= 15 is 0 Å². The molecule has 1 heterocycles. The molecule has 0 aliphatic rings. The van der Waals surface area contributed by atoms with Crippen LogP contribution >= 0.6 is 0 Å². The summed E-state index contributed by atoms with van der Waals surface area (Å²) >= 11 is 0. The molecule has 96 valence electrons. The van der Waals surface area contributed by atoms with E-state index in [-0.39, 0.29) is 5.91 Å². The topological polar surface area (TPSA) is 51.5 Å². The Morgan fingerprint density at radius 3 is 3.00 bits per heavy atom. The second kappa shape index (κ2) is 6.21. The van der Waals surface area contributed by atoms with Crippen molar-refractivity contribution in [1.82, 2.24) is 5.32 Å². The minimum atomic E-state index is -0.178. The van der Waals surface area contributed by atoms with Crippen LogP contribution in [0.3, 0.4) is 0 Å². The summed E-state index contributed by atoms with van der Waals surface area (Å²) in [6.07, 6.45) is 0.805. The summed E-state index contributed by atoms with van der Waals surface area (Å²) in [5, 5.41) is 3.75. The van der Waals surface area contributed by atoms with E-state index in [1.165, 1.54) is 0 Å². The second-order valence-electron chi connectivity index (χ2n) is 3.95. The monoisotopic (exact) mass is 247 g/mol. The first-order valence-electron chi connectivity index (χ1n) is 6.16. The first-order valence-corrected chi connectivity index (χ1v) is 6.16. The van der Waals surface area contributed by atoms with Crippen LogP contribution in [0, 0.1) is 0 Å². The number of nitrogens with one attached hydrogen (secondary N) is 1. The van der Waals surface area contributed by atoms with Crippen molar-refractivity contribution in [3.63, 3.8) is 0 Å². The van der Waals surface area contributed by atoms with Gasteiger partial charge in [-0.15, -0.1) is 0 Å². The van der Waals surface area contributed by atoms with Gasteiger partial charge in [-0.05, 0) is 25.5 Å². The van der Waals surface area contributed by atoms with Crippen LogP contribution in [0.15, 0.2) is 34.7 Å². The molecule has 0 saturated heterocycles. The first kappa shape index (κ1) is 12.6. The van der Waals surface area contributed by atoms with Crippen LogP contribution in [0.2, 0.25) is 0 Å². The molecule has 0 spiro atoms. The molecule has 1 N–H and O–H groups in total. The fourth-order valence-corrected chi connectivity index (χ4v) is 1.70. The number of hydrogen-bond acceptors (Lipinski definition) is 3. The summed E-state index contributed by atoms with van der Waals surface area (Å²) in [6.45, 7) is 3.91. The number of ether oxygens (including phenoxy) is 1. The fourth-order valence-electron chi connectivity index (χ4n) is 1.70. The van der Waals surface area contributed by atoms with E-state index in [0.717, 1.165) is 17.4 Å². The van der Waals surface area contributed by atoms with Crippen molar-refractivity contribution in [3.8, 4) is 0 Å². The highest BCUT2D eigenvalue weighted by atomic mass is 16.5. The highest BCUT2D eigenvalue weighted by molar-refractivity contribution is 5.95. The zero-order valence-corrected chi connectivity index (χ0v) is 10.4. The van der Waals surface area contributed by atoms with E-state index in [4.69, 9.17) is 9.15 Å². The van der Waals surface area contributed by atoms with Crippen LogP contribution in [0.5, 0.6) is 0 Å². The van der Waals surface area contributed by atoms with Crippen LogP contribution in [0.4, 0.5) is 0 Å². The van der Waals surface area contributed by atoms with Crippen LogP contribution < -0.4 is 5.32 Å². The molecule has 18 heavy (non-hydrogen) atoms. The van der Waals surface area contributed by atoms with Gasteiger partial charge < -0.3 is 14.5 Å². The molecule has 0 aliphatic carbocycles. The molecule has 1 amide bonds. The number of carbonyl (C=O) groups excluding carboxylic acids is 1. The molecule has 0 bridgehead atoms. The van der Waals surface area contributed by atoms with E-state index in [0.29, 0.717) is 25.5 Å². The van der Waals surface area contributed by atoms with Gasteiger partial charge in [0.2, 0.25) is 0 Å². The van der Waals surface area contributed by atoms with E-state index in [1.807, 2.05) is 31.2 Å². The predicted molar refractivity (Wildman–Crippen MR) is 69.7 cm³/mol. The minimum Gasteiger partial charge on any atom is -0.451 e. The molecule has 0 fully saturated rings. The summed E-state index contributed by atoms with van der Waals surface area (Å²) in [7, 11) is 0. The van der Waals surface area contributed by atoms with Crippen LogP contribution in [-0.4, -0.2) is 25.7 Å². The lowest BCUT2D eigenvalue weighted by atomic mass is 10.2. The molecule has 1 aromatic heterocycles. The predicted octanol–water partition coefficient (Wildman–Crippen LogP) is 2.59. The van der Waals surface area contributed by atoms with Gasteiger partial charge in [-0.25, -0.2) is 0 Å². The first-order chi connectivity index (χ1) is 8.81. The summed E-state index contributed by atoms with van der Waals surface area (Å²) in [5.41, 5.74) is 0.733. The van der Waals surface area contributed by atoms with Crippen LogP contribution in [-0.2, 0) is 4.74 Å². The smallest absolute Gasteiger partial charge is 0.287 e. The molecule has 0 aliphatic heterocycles. The van der Waals surface area contributed by atoms with E-state index in [2.05, 4.69) is 5.32 Å². The van der Waals surface area contributed by atoms with Gasteiger partial charge in [-0.2, -0.15) is 0 Å². The third kappa shape index (κ3) is 3.11. The van der Waals surface area contributed by atoms with Gasteiger partial charge in [-0.3, -0.25) is 4.79 Å². The number of hydrogen-bond donors (Lipinski definition) is 1. The lowest BCUT2D eigenvalue weighted by molar-refractivity contribution is 0.0919. The molecule has 1 aromatic carbocycles. The third-order valence-electron chi connectivity index (χ3n) is 2.60. The second-order valence-corrected chi connectivity index (χ2v) is 3.95. The highest BCUT2D eigenvalue weighted by Gasteiger charge is 2.10. The molecule has 0 atom stereocenters. The highest BCUT2D eigenvalue weighted by Crippen LogP contribution is 2.18. The molecule has 4 nitrogen and oxygen atoms in total. The summed E-state index contributed by atoms with van der Waals surface area (Å²) in [5.74, 6) is 0.176. The molecule has 2 rings (SSSR count). The number of fused-ring (bicyclic) bond motifs is 1. The average Bonchev–Trinajstić information content (AvgIpc) is 2.82. The zero-order chi connectivity index (χ0) is 12.8. The minimum absolute atomic E-state index is 0.178. The Labute approximate surface area is 106 Å². The number of para-hydroxylation sites is 1. The summed E-state index contributed by atoms with van der Waals surface area (Å²) < 4.78 is 10.7. The molecule has 0 saturated carbocycles. The quantitative estimate of drug-likeness (QED) is 0.798. The third-order valence-corrected chi connectivity index (χ3v) is 2.60.